The third-order valence-electron chi connectivity index (χ3n) is 3.23. The van der Waals surface area contributed by atoms with Crippen molar-refractivity contribution in [1.82, 2.24) is 4.98 Å². The van der Waals surface area contributed by atoms with Gasteiger partial charge in [0, 0.05) is 19.7 Å². The molecule has 0 aliphatic heterocycles. The van der Waals surface area contributed by atoms with Gasteiger partial charge >= 0.3 is 5.97 Å². The van der Waals surface area contributed by atoms with Crippen LogP contribution in [-0.4, -0.2) is 44.4 Å². The van der Waals surface area contributed by atoms with Crippen LogP contribution in [0.25, 0.3) is 0 Å². The van der Waals surface area contributed by atoms with Crippen LogP contribution < -0.4 is 10.6 Å². The number of carbonyl (C=O) groups is 1. The van der Waals surface area contributed by atoms with E-state index < -0.39 is 5.97 Å². The fraction of sp³-hybridized carbons (Fsp3) is 0.571. The monoisotopic (exact) mass is 281 g/mol. The number of anilines is 2. The topological polar surface area (TPSA) is 77.7 Å². The largest absolute Gasteiger partial charge is 0.464 e. The van der Waals surface area contributed by atoms with Crippen molar-refractivity contribution in [2.24, 2.45) is 0 Å². The van der Waals surface area contributed by atoms with Crippen molar-refractivity contribution in [1.29, 1.82) is 0 Å². The molecule has 6 nitrogen and oxygen atoms in total. The number of methoxy groups -OCH3 is 2. The molecule has 2 N–H and O–H groups in total. The molecule has 0 radical (unpaired) electrons. The summed E-state index contributed by atoms with van der Waals surface area (Å²) < 4.78 is 9.82. The number of nitrogen functional groups attached to an aromatic ring is 1. The highest BCUT2D eigenvalue weighted by Crippen LogP contribution is 2.24. The van der Waals surface area contributed by atoms with Crippen LogP contribution in [0.4, 0.5) is 11.5 Å². The number of esters is 1. The van der Waals surface area contributed by atoms with E-state index in [0.29, 0.717) is 24.7 Å². The average Bonchev–Trinajstić information content (AvgIpc) is 2.47. The van der Waals surface area contributed by atoms with Gasteiger partial charge in [0.05, 0.1) is 19.4 Å². The summed E-state index contributed by atoms with van der Waals surface area (Å²) in [5, 5.41) is 0. The Morgan fingerprint density at radius 2 is 2.15 bits per heavy atom. The molecule has 1 aromatic rings. The number of pyridine rings is 1. The van der Waals surface area contributed by atoms with Gasteiger partial charge in [-0.05, 0) is 25.5 Å². The summed E-state index contributed by atoms with van der Waals surface area (Å²) in [5.74, 6) is 0.126. The third kappa shape index (κ3) is 3.84. The quantitative estimate of drug-likeness (QED) is 0.766. The van der Waals surface area contributed by atoms with Crippen molar-refractivity contribution < 1.29 is 14.3 Å². The van der Waals surface area contributed by atoms with Gasteiger partial charge in [-0.2, -0.15) is 0 Å². The van der Waals surface area contributed by atoms with Crippen LogP contribution in [0.5, 0.6) is 0 Å². The van der Waals surface area contributed by atoms with Crippen LogP contribution in [-0.2, 0) is 9.47 Å². The minimum absolute atomic E-state index is 0.243. The van der Waals surface area contributed by atoms with Crippen molar-refractivity contribution in [2.75, 3.05) is 38.0 Å². The van der Waals surface area contributed by atoms with Gasteiger partial charge in [-0.1, -0.05) is 6.92 Å². The lowest BCUT2D eigenvalue weighted by atomic mass is 10.2. The Morgan fingerprint density at radius 3 is 2.70 bits per heavy atom. The lowest BCUT2D eigenvalue weighted by molar-refractivity contribution is 0.0594. The first-order valence-electron chi connectivity index (χ1n) is 6.65. The van der Waals surface area contributed by atoms with Crippen LogP contribution in [0.15, 0.2) is 12.1 Å². The van der Waals surface area contributed by atoms with Gasteiger partial charge in [-0.3, -0.25) is 0 Å². The Morgan fingerprint density at radius 1 is 1.45 bits per heavy atom. The summed E-state index contributed by atoms with van der Waals surface area (Å²) in [6, 6.07) is 3.49. The van der Waals surface area contributed by atoms with E-state index in [0.717, 1.165) is 6.42 Å². The molecule has 112 valence electrons. The second-order valence-corrected chi connectivity index (χ2v) is 4.54. The van der Waals surface area contributed by atoms with Crippen molar-refractivity contribution in [2.45, 2.75) is 26.3 Å². The average molecular weight is 281 g/mol. The summed E-state index contributed by atoms with van der Waals surface area (Å²) in [6.45, 7) is 5.40. The molecular formula is C14H23N3O3. The Hall–Kier alpha value is -1.82. The van der Waals surface area contributed by atoms with Crippen LogP contribution in [0, 0.1) is 0 Å². The molecule has 1 rings (SSSR count). The molecule has 0 fully saturated rings. The first-order valence-corrected chi connectivity index (χ1v) is 6.65. The number of aromatic nitrogens is 1. The molecular weight excluding hydrogens is 258 g/mol. The third-order valence-corrected chi connectivity index (χ3v) is 3.23. The van der Waals surface area contributed by atoms with E-state index in [9.17, 15) is 4.79 Å². The maximum absolute atomic E-state index is 11.6. The number of carbonyl (C=O) groups excluding carboxylic acids is 1. The molecule has 6 heteroatoms. The Kier molecular flexibility index (Phi) is 6.24. The summed E-state index contributed by atoms with van der Waals surface area (Å²) in [7, 11) is 2.98. The van der Waals surface area contributed by atoms with Gasteiger partial charge in [0.2, 0.25) is 0 Å². The molecule has 20 heavy (non-hydrogen) atoms. The molecule has 0 aliphatic carbocycles. The Balaban J connectivity index is 3.13. The molecule has 0 amide bonds. The molecule has 0 aliphatic rings. The molecule has 0 saturated heterocycles. The highest BCUT2D eigenvalue weighted by molar-refractivity contribution is 5.88. The van der Waals surface area contributed by atoms with E-state index >= 15 is 0 Å². The van der Waals surface area contributed by atoms with E-state index in [1.807, 2.05) is 4.90 Å². The van der Waals surface area contributed by atoms with Crippen molar-refractivity contribution in [3.63, 3.8) is 0 Å². The molecule has 0 bridgehead atoms. The lowest BCUT2D eigenvalue weighted by Crippen LogP contribution is -2.37. The molecule has 1 unspecified atom stereocenters. The van der Waals surface area contributed by atoms with Crippen molar-refractivity contribution in [3.05, 3.63) is 17.8 Å². The fourth-order valence-corrected chi connectivity index (χ4v) is 1.85. The number of hydrogen-bond donors (Lipinski definition) is 1. The number of ether oxygens (including phenoxy) is 2. The highest BCUT2D eigenvalue weighted by Gasteiger charge is 2.19. The first-order chi connectivity index (χ1) is 9.54. The normalized spacial score (nSPS) is 12.0. The van der Waals surface area contributed by atoms with Gasteiger partial charge in [0.25, 0.3) is 0 Å². The van der Waals surface area contributed by atoms with Crippen LogP contribution in [0.2, 0.25) is 0 Å². The fourth-order valence-electron chi connectivity index (χ4n) is 1.85. The van der Waals surface area contributed by atoms with E-state index in [1.165, 1.54) is 7.11 Å². The lowest BCUT2D eigenvalue weighted by Gasteiger charge is -2.30. The predicted molar refractivity (Wildman–Crippen MR) is 79.0 cm³/mol. The van der Waals surface area contributed by atoms with Gasteiger partial charge in [0.15, 0.2) is 11.5 Å². The molecule has 0 saturated carbocycles. The molecule has 1 atom stereocenters. The molecule has 1 aromatic heterocycles. The Bertz CT molecular complexity index is 451. The van der Waals surface area contributed by atoms with Crippen LogP contribution in [0.1, 0.15) is 30.8 Å². The van der Waals surface area contributed by atoms with Gasteiger partial charge in [-0.25, -0.2) is 9.78 Å². The molecule has 0 spiro atoms. The molecule has 0 aromatic carbocycles. The van der Waals surface area contributed by atoms with Gasteiger partial charge in [0.1, 0.15) is 0 Å². The zero-order valence-electron chi connectivity index (χ0n) is 12.5. The van der Waals surface area contributed by atoms with Gasteiger partial charge in [-0.15, -0.1) is 0 Å². The van der Waals surface area contributed by atoms with E-state index in [4.69, 9.17) is 15.2 Å². The second kappa shape index (κ2) is 7.69. The number of rotatable bonds is 7. The number of nitrogens with two attached hydrogens (primary N) is 1. The summed E-state index contributed by atoms with van der Waals surface area (Å²) in [6.07, 6.45) is 0.938. The van der Waals surface area contributed by atoms with Crippen molar-refractivity contribution in [3.8, 4) is 0 Å². The van der Waals surface area contributed by atoms with Crippen LogP contribution >= 0.6 is 0 Å². The zero-order chi connectivity index (χ0) is 15.1. The van der Waals surface area contributed by atoms with E-state index in [-0.39, 0.29) is 11.7 Å². The van der Waals surface area contributed by atoms with Crippen molar-refractivity contribution >= 4 is 17.5 Å². The van der Waals surface area contributed by atoms with E-state index in [1.54, 1.807) is 19.2 Å². The molecule has 1 heterocycles. The number of hydrogen-bond acceptors (Lipinski definition) is 6. The number of nitrogens with zero attached hydrogens (tertiary/aromatic N) is 2. The smallest absolute Gasteiger partial charge is 0.356 e. The Labute approximate surface area is 119 Å². The van der Waals surface area contributed by atoms with Gasteiger partial charge < -0.3 is 20.1 Å². The SMILES string of the molecule is CCC(C)N(CCOC)c1nc(C(=O)OC)ccc1N. The maximum atomic E-state index is 11.6. The summed E-state index contributed by atoms with van der Waals surface area (Å²) >= 11 is 0. The second-order valence-electron chi connectivity index (χ2n) is 4.54. The first kappa shape index (κ1) is 16.2. The maximum Gasteiger partial charge on any atom is 0.356 e. The van der Waals surface area contributed by atoms with Crippen LogP contribution in [0.3, 0.4) is 0 Å². The summed E-state index contributed by atoms with van der Waals surface area (Å²) in [4.78, 5) is 18.0. The minimum Gasteiger partial charge on any atom is -0.464 e. The zero-order valence-corrected chi connectivity index (χ0v) is 12.5. The highest BCUT2D eigenvalue weighted by atomic mass is 16.5. The minimum atomic E-state index is -0.470. The predicted octanol–water partition coefficient (Wildman–Crippen LogP) is 1.70. The van der Waals surface area contributed by atoms with E-state index in [2.05, 4.69) is 18.8 Å². The standard InChI is InChI=1S/C14H23N3O3/c1-5-10(2)17(8-9-19-3)13-11(15)6-7-12(16-13)14(18)20-4/h6-7,10H,5,8-9,15H2,1-4H3. The summed E-state index contributed by atoms with van der Waals surface area (Å²) in [5.41, 5.74) is 6.79.